The highest BCUT2D eigenvalue weighted by Crippen LogP contribution is 2.22. The molecule has 2 atom stereocenters. The summed E-state index contributed by atoms with van der Waals surface area (Å²) < 4.78 is 0. The Hall–Kier alpha value is -0.120. The summed E-state index contributed by atoms with van der Waals surface area (Å²) in [6.07, 6.45) is 3.90. The normalized spacial score (nSPS) is 36.8. The van der Waals surface area contributed by atoms with Crippen LogP contribution in [0.1, 0.15) is 19.3 Å². The van der Waals surface area contributed by atoms with E-state index >= 15 is 0 Å². The molecule has 70 valence electrons. The van der Waals surface area contributed by atoms with Gasteiger partial charge in [-0.1, -0.05) is 0 Å². The van der Waals surface area contributed by atoms with E-state index in [1.165, 1.54) is 19.3 Å². The number of nitrogens with zero attached hydrogens (tertiary/aromatic N) is 1. The lowest BCUT2D eigenvalue weighted by molar-refractivity contribution is 0.114. The molecular weight excluding hydrogens is 152 g/mol. The minimum Gasteiger partial charge on any atom is -0.395 e. The quantitative estimate of drug-likeness (QED) is 0.603. The van der Waals surface area contributed by atoms with Crippen LogP contribution >= 0.6 is 0 Å². The van der Waals surface area contributed by atoms with Gasteiger partial charge in [-0.25, -0.2) is 0 Å². The molecule has 0 spiro atoms. The van der Waals surface area contributed by atoms with Crippen molar-refractivity contribution >= 4 is 0 Å². The predicted octanol–water partition coefficient (Wildman–Crippen LogP) is -0.195. The van der Waals surface area contributed by atoms with E-state index in [-0.39, 0.29) is 0 Å². The van der Waals surface area contributed by atoms with Gasteiger partial charge < -0.3 is 10.4 Å². The summed E-state index contributed by atoms with van der Waals surface area (Å²) >= 11 is 0. The zero-order valence-electron chi connectivity index (χ0n) is 7.50. The van der Waals surface area contributed by atoms with Gasteiger partial charge >= 0.3 is 0 Å². The standard InChI is InChI=1S/C9H18N2O/c12-6-5-11-7-8-1-2-9(11)3-4-10-8/h8-10,12H,1-7H2. The maximum Gasteiger partial charge on any atom is 0.0558 e. The summed E-state index contributed by atoms with van der Waals surface area (Å²) in [7, 11) is 0. The molecule has 3 rings (SSSR count). The molecule has 0 saturated carbocycles. The van der Waals surface area contributed by atoms with Crippen LogP contribution in [0.25, 0.3) is 0 Å². The van der Waals surface area contributed by atoms with Crippen molar-refractivity contribution in [2.75, 3.05) is 26.2 Å². The topological polar surface area (TPSA) is 35.5 Å². The van der Waals surface area contributed by atoms with Crippen LogP contribution in [0.2, 0.25) is 0 Å². The zero-order valence-corrected chi connectivity index (χ0v) is 7.50. The van der Waals surface area contributed by atoms with Crippen LogP contribution in [0.3, 0.4) is 0 Å². The Kier molecular flexibility index (Phi) is 2.63. The second-order valence-corrected chi connectivity index (χ2v) is 3.89. The number of aliphatic hydroxyl groups is 1. The number of rotatable bonds is 2. The Morgan fingerprint density at radius 1 is 1.33 bits per heavy atom. The van der Waals surface area contributed by atoms with E-state index in [0.717, 1.165) is 25.7 Å². The van der Waals surface area contributed by atoms with Crippen LogP contribution in [0.5, 0.6) is 0 Å². The Morgan fingerprint density at radius 2 is 2.25 bits per heavy atom. The van der Waals surface area contributed by atoms with Crippen molar-refractivity contribution < 1.29 is 5.11 Å². The highest BCUT2D eigenvalue weighted by Gasteiger charge is 2.30. The largest absolute Gasteiger partial charge is 0.395 e. The van der Waals surface area contributed by atoms with Gasteiger partial charge in [0.2, 0.25) is 0 Å². The van der Waals surface area contributed by atoms with Crippen LogP contribution < -0.4 is 5.32 Å². The molecule has 2 N–H and O–H groups in total. The van der Waals surface area contributed by atoms with Crippen LogP contribution in [0.15, 0.2) is 0 Å². The van der Waals surface area contributed by atoms with E-state index in [1.54, 1.807) is 0 Å². The first-order chi connectivity index (χ1) is 5.90. The van der Waals surface area contributed by atoms with Gasteiger partial charge in [0, 0.05) is 25.2 Å². The number of hydrogen-bond donors (Lipinski definition) is 2. The summed E-state index contributed by atoms with van der Waals surface area (Å²) in [5, 5.41) is 12.4. The fraction of sp³-hybridized carbons (Fsp3) is 1.00. The van der Waals surface area contributed by atoms with Crippen LogP contribution in [-0.4, -0.2) is 48.3 Å². The monoisotopic (exact) mass is 170 g/mol. The molecule has 0 aromatic carbocycles. The summed E-state index contributed by atoms with van der Waals surface area (Å²) in [4.78, 5) is 2.44. The Balaban J connectivity index is 1.97. The lowest BCUT2D eigenvalue weighted by atomic mass is 9.99. The Labute approximate surface area is 73.8 Å². The van der Waals surface area contributed by atoms with Crippen molar-refractivity contribution in [2.45, 2.75) is 31.3 Å². The lowest BCUT2D eigenvalue weighted by Gasteiger charge is -2.35. The fourth-order valence-electron chi connectivity index (χ4n) is 2.45. The zero-order chi connectivity index (χ0) is 8.39. The van der Waals surface area contributed by atoms with Gasteiger partial charge in [-0.3, -0.25) is 4.90 Å². The predicted molar refractivity (Wildman–Crippen MR) is 48.1 cm³/mol. The molecule has 3 nitrogen and oxygen atoms in total. The van der Waals surface area contributed by atoms with Crippen molar-refractivity contribution in [2.24, 2.45) is 0 Å². The third kappa shape index (κ3) is 1.63. The third-order valence-electron chi connectivity index (χ3n) is 3.12. The van der Waals surface area contributed by atoms with Gasteiger partial charge in [0.1, 0.15) is 0 Å². The second-order valence-electron chi connectivity index (χ2n) is 3.89. The molecule has 3 aliphatic heterocycles. The fourth-order valence-corrected chi connectivity index (χ4v) is 2.45. The molecule has 3 heterocycles. The maximum atomic E-state index is 8.88. The number of hydrogen-bond acceptors (Lipinski definition) is 3. The molecule has 2 unspecified atom stereocenters. The molecule has 3 aliphatic rings. The molecule has 3 fully saturated rings. The van der Waals surface area contributed by atoms with Gasteiger partial charge in [-0.05, 0) is 25.8 Å². The molecular formula is C9H18N2O. The molecule has 12 heavy (non-hydrogen) atoms. The summed E-state index contributed by atoms with van der Waals surface area (Å²) in [5.41, 5.74) is 0. The van der Waals surface area contributed by atoms with Gasteiger partial charge in [0.25, 0.3) is 0 Å². The molecule has 2 bridgehead atoms. The molecule has 3 saturated heterocycles. The summed E-state index contributed by atoms with van der Waals surface area (Å²) in [6.45, 7) is 3.48. The first-order valence-electron chi connectivity index (χ1n) is 4.98. The summed E-state index contributed by atoms with van der Waals surface area (Å²) in [5.74, 6) is 0. The van der Waals surface area contributed by atoms with Crippen LogP contribution in [0.4, 0.5) is 0 Å². The maximum absolute atomic E-state index is 8.88. The van der Waals surface area contributed by atoms with Crippen molar-refractivity contribution in [1.82, 2.24) is 10.2 Å². The number of piperidine rings is 1. The molecule has 0 aromatic rings. The van der Waals surface area contributed by atoms with Crippen LogP contribution in [0, 0.1) is 0 Å². The highest BCUT2D eigenvalue weighted by molar-refractivity contribution is 4.89. The third-order valence-corrected chi connectivity index (χ3v) is 3.12. The number of fused-ring (bicyclic) bond motifs is 4. The average Bonchev–Trinajstić information content (AvgIpc) is 2.39. The van der Waals surface area contributed by atoms with E-state index in [0.29, 0.717) is 12.6 Å². The van der Waals surface area contributed by atoms with Crippen LogP contribution in [-0.2, 0) is 0 Å². The first kappa shape index (κ1) is 8.48. The lowest BCUT2D eigenvalue weighted by Crippen LogP contribution is -2.46. The first-order valence-corrected chi connectivity index (χ1v) is 4.98. The molecule has 0 aromatic heterocycles. The number of aliphatic hydroxyl groups excluding tert-OH is 1. The smallest absolute Gasteiger partial charge is 0.0558 e. The molecule has 0 amide bonds. The average molecular weight is 170 g/mol. The number of nitrogens with one attached hydrogen (secondary N) is 1. The molecule has 0 radical (unpaired) electrons. The minimum atomic E-state index is 0.309. The van der Waals surface area contributed by atoms with E-state index in [2.05, 4.69) is 10.2 Å². The van der Waals surface area contributed by atoms with E-state index in [4.69, 9.17) is 5.11 Å². The molecule has 3 heteroatoms. The SMILES string of the molecule is OCCN1CC2CCC1CCN2. The molecule has 0 aliphatic carbocycles. The van der Waals surface area contributed by atoms with Gasteiger partial charge in [0.05, 0.1) is 6.61 Å². The Morgan fingerprint density at radius 3 is 3.08 bits per heavy atom. The van der Waals surface area contributed by atoms with Gasteiger partial charge in [0.15, 0.2) is 0 Å². The van der Waals surface area contributed by atoms with E-state index < -0.39 is 0 Å². The minimum absolute atomic E-state index is 0.309. The summed E-state index contributed by atoms with van der Waals surface area (Å²) in [6, 6.07) is 1.43. The second kappa shape index (κ2) is 3.73. The van der Waals surface area contributed by atoms with E-state index in [9.17, 15) is 0 Å². The van der Waals surface area contributed by atoms with Crippen molar-refractivity contribution in [3.8, 4) is 0 Å². The van der Waals surface area contributed by atoms with Gasteiger partial charge in [-0.15, -0.1) is 0 Å². The van der Waals surface area contributed by atoms with Crippen molar-refractivity contribution in [1.29, 1.82) is 0 Å². The van der Waals surface area contributed by atoms with Crippen molar-refractivity contribution in [3.63, 3.8) is 0 Å². The van der Waals surface area contributed by atoms with Crippen molar-refractivity contribution in [3.05, 3.63) is 0 Å². The highest BCUT2D eigenvalue weighted by atomic mass is 16.3. The van der Waals surface area contributed by atoms with E-state index in [1.807, 2.05) is 0 Å². The Bertz CT molecular complexity index is 147. The van der Waals surface area contributed by atoms with Gasteiger partial charge in [-0.2, -0.15) is 0 Å².